The normalized spacial score (nSPS) is 10.4. The lowest BCUT2D eigenvalue weighted by Crippen LogP contribution is -2.32. The van der Waals surface area contributed by atoms with Crippen molar-refractivity contribution in [3.8, 4) is 22.8 Å². The zero-order valence-electron chi connectivity index (χ0n) is 15.7. The number of methoxy groups -OCH3 is 2. The van der Waals surface area contributed by atoms with Crippen molar-refractivity contribution in [3.05, 3.63) is 76.6 Å². The fraction of sp³-hybridized carbons (Fsp3) is 0.190. The molecule has 3 rings (SSSR count). The van der Waals surface area contributed by atoms with Crippen molar-refractivity contribution in [1.82, 2.24) is 15.1 Å². The van der Waals surface area contributed by atoms with Crippen LogP contribution in [0.5, 0.6) is 11.5 Å². The molecule has 0 spiro atoms. The summed E-state index contributed by atoms with van der Waals surface area (Å²) < 4.78 is 11.7. The third-order valence-corrected chi connectivity index (χ3v) is 4.16. The molecule has 7 nitrogen and oxygen atoms in total. The minimum Gasteiger partial charge on any atom is -0.497 e. The van der Waals surface area contributed by atoms with Crippen LogP contribution in [-0.4, -0.2) is 36.5 Å². The van der Waals surface area contributed by atoms with Gasteiger partial charge in [-0.3, -0.25) is 9.59 Å². The lowest BCUT2D eigenvalue weighted by molar-refractivity contribution is 0.0951. The molecule has 7 heteroatoms. The number of benzene rings is 2. The minimum absolute atomic E-state index is 0.225. The van der Waals surface area contributed by atoms with E-state index in [0.29, 0.717) is 22.8 Å². The van der Waals surface area contributed by atoms with Crippen LogP contribution in [0.4, 0.5) is 0 Å². The predicted molar refractivity (Wildman–Crippen MR) is 106 cm³/mol. The number of aromatic nitrogens is 2. The smallest absolute Gasteiger partial charge is 0.266 e. The number of amides is 1. The molecular formula is C21H21N3O4. The minimum atomic E-state index is -0.288. The summed E-state index contributed by atoms with van der Waals surface area (Å²) in [6, 6.07) is 17.7. The molecule has 3 aromatic rings. The molecule has 0 aliphatic rings. The highest BCUT2D eigenvalue weighted by molar-refractivity contribution is 5.95. The summed E-state index contributed by atoms with van der Waals surface area (Å²) in [5.74, 6) is 0.764. The molecule has 0 atom stereocenters. The van der Waals surface area contributed by atoms with Crippen molar-refractivity contribution in [2.45, 2.75) is 6.54 Å². The van der Waals surface area contributed by atoms with Gasteiger partial charge in [0.2, 0.25) is 0 Å². The van der Waals surface area contributed by atoms with Crippen molar-refractivity contribution >= 4 is 5.91 Å². The summed E-state index contributed by atoms with van der Waals surface area (Å²) in [6.45, 7) is 0.510. The fourth-order valence-electron chi connectivity index (χ4n) is 2.69. The Labute approximate surface area is 162 Å². The molecule has 0 saturated carbocycles. The molecule has 0 bridgehead atoms. The summed E-state index contributed by atoms with van der Waals surface area (Å²) in [5, 5.41) is 7.17. The Hall–Kier alpha value is -3.61. The molecule has 0 aliphatic carbocycles. The quantitative estimate of drug-likeness (QED) is 0.681. The molecule has 1 aromatic heterocycles. The van der Waals surface area contributed by atoms with Crippen molar-refractivity contribution in [2.75, 3.05) is 20.8 Å². The van der Waals surface area contributed by atoms with Gasteiger partial charge in [0, 0.05) is 29.8 Å². The number of ether oxygens (including phenoxy) is 2. The molecule has 0 fully saturated rings. The predicted octanol–water partition coefficient (Wildman–Crippen LogP) is 2.36. The SMILES string of the molecule is COc1cc(OC)cc(C(=O)NCCn2nc(-c3ccccc3)ccc2=O)c1. The summed E-state index contributed by atoms with van der Waals surface area (Å²) in [5.41, 5.74) is 1.80. The average molecular weight is 379 g/mol. The van der Waals surface area contributed by atoms with E-state index in [9.17, 15) is 9.59 Å². The third-order valence-electron chi connectivity index (χ3n) is 4.16. The average Bonchev–Trinajstić information content (AvgIpc) is 2.75. The second kappa shape index (κ2) is 8.85. The Morgan fingerprint density at radius 3 is 2.32 bits per heavy atom. The van der Waals surface area contributed by atoms with Gasteiger partial charge in [0.1, 0.15) is 11.5 Å². The van der Waals surface area contributed by atoms with Crippen LogP contribution in [-0.2, 0) is 6.54 Å². The van der Waals surface area contributed by atoms with Crippen LogP contribution in [0, 0.1) is 0 Å². The van der Waals surface area contributed by atoms with E-state index in [1.165, 1.54) is 25.0 Å². The van der Waals surface area contributed by atoms with Crippen molar-refractivity contribution < 1.29 is 14.3 Å². The Kier molecular flexibility index (Phi) is 6.06. The number of nitrogens with one attached hydrogen (secondary N) is 1. The largest absolute Gasteiger partial charge is 0.497 e. The van der Waals surface area contributed by atoms with Gasteiger partial charge in [0.15, 0.2) is 0 Å². The first kappa shape index (κ1) is 19.2. The van der Waals surface area contributed by atoms with Gasteiger partial charge in [-0.1, -0.05) is 30.3 Å². The maximum absolute atomic E-state index is 12.4. The molecule has 1 heterocycles. The van der Waals surface area contributed by atoms with Gasteiger partial charge in [-0.25, -0.2) is 4.68 Å². The van der Waals surface area contributed by atoms with Crippen LogP contribution in [0.15, 0.2) is 65.5 Å². The van der Waals surface area contributed by atoms with Gasteiger partial charge in [-0.05, 0) is 18.2 Å². The molecule has 1 amide bonds. The highest BCUT2D eigenvalue weighted by atomic mass is 16.5. The van der Waals surface area contributed by atoms with Gasteiger partial charge < -0.3 is 14.8 Å². The number of carbonyl (C=O) groups is 1. The van der Waals surface area contributed by atoms with E-state index in [-0.39, 0.29) is 24.6 Å². The van der Waals surface area contributed by atoms with Crippen LogP contribution < -0.4 is 20.3 Å². The van der Waals surface area contributed by atoms with E-state index in [1.54, 1.807) is 24.3 Å². The van der Waals surface area contributed by atoms with Crippen molar-refractivity contribution in [3.63, 3.8) is 0 Å². The van der Waals surface area contributed by atoms with E-state index in [1.807, 2.05) is 30.3 Å². The van der Waals surface area contributed by atoms with Gasteiger partial charge >= 0.3 is 0 Å². The lowest BCUT2D eigenvalue weighted by atomic mass is 10.1. The maximum Gasteiger partial charge on any atom is 0.266 e. The Morgan fingerprint density at radius 1 is 1.00 bits per heavy atom. The summed E-state index contributed by atoms with van der Waals surface area (Å²) in [7, 11) is 3.04. The fourth-order valence-corrected chi connectivity index (χ4v) is 2.69. The molecule has 0 radical (unpaired) electrons. The third kappa shape index (κ3) is 4.56. The van der Waals surface area contributed by atoms with Crippen LogP contribution in [0.25, 0.3) is 11.3 Å². The zero-order chi connectivity index (χ0) is 19.9. The van der Waals surface area contributed by atoms with Gasteiger partial charge in [-0.15, -0.1) is 0 Å². The first-order valence-electron chi connectivity index (χ1n) is 8.75. The Morgan fingerprint density at radius 2 is 1.68 bits per heavy atom. The number of carbonyl (C=O) groups excluding carboxylic acids is 1. The molecule has 0 saturated heterocycles. The van der Waals surface area contributed by atoms with Crippen LogP contribution in [0.2, 0.25) is 0 Å². The topological polar surface area (TPSA) is 82.4 Å². The van der Waals surface area contributed by atoms with Gasteiger partial charge in [0.05, 0.1) is 26.5 Å². The second-order valence-corrected chi connectivity index (χ2v) is 6.00. The summed E-state index contributed by atoms with van der Waals surface area (Å²) in [6.07, 6.45) is 0. The summed E-state index contributed by atoms with van der Waals surface area (Å²) in [4.78, 5) is 24.5. The van der Waals surface area contributed by atoms with Crippen LogP contribution >= 0.6 is 0 Å². The van der Waals surface area contributed by atoms with E-state index >= 15 is 0 Å². The van der Waals surface area contributed by atoms with E-state index < -0.39 is 0 Å². The number of nitrogens with zero attached hydrogens (tertiary/aromatic N) is 2. The second-order valence-electron chi connectivity index (χ2n) is 6.00. The van der Waals surface area contributed by atoms with Crippen LogP contribution in [0.1, 0.15) is 10.4 Å². The number of hydrogen-bond acceptors (Lipinski definition) is 5. The molecule has 2 aromatic carbocycles. The highest BCUT2D eigenvalue weighted by Gasteiger charge is 2.10. The van der Waals surface area contributed by atoms with Crippen molar-refractivity contribution in [2.24, 2.45) is 0 Å². The number of rotatable bonds is 7. The highest BCUT2D eigenvalue weighted by Crippen LogP contribution is 2.22. The first-order valence-corrected chi connectivity index (χ1v) is 8.75. The molecular weight excluding hydrogens is 358 g/mol. The molecule has 28 heavy (non-hydrogen) atoms. The van der Waals surface area contributed by atoms with Crippen molar-refractivity contribution in [1.29, 1.82) is 0 Å². The Balaban J connectivity index is 1.68. The first-order chi connectivity index (χ1) is 13.6. The monoisotopic (exact) mass is 379 g/mol. The van der Waals surface area contributed by atoms with E-state index in [2.05, 4.69) is 10.4 Å². The Bertz CT molecular complexity index is 993. The van der Waals surface area contributed by atoms with Gasteiger partial charge in [-0.2, -0.15) is 5.10 Å². The van der Waals surface area contributed by atoms with Crippen LogP contribution in [0.3, 0.4) is 0 Å². The maximum atomic E-state index is 12.4. The lowest BCUT2D eigenvalue weighted by Gasteiger charge is -2.10. The zero-order valence-corrected chi connectivity index (χ0v) is 15.7. The van der Waals surface area contributed by atoms with E-state index in [4.69, 9.17) is 9.47 Å². The summed E-state index contributed by atoms with van der Waals surface area (Å²) >= 11 is 0. The molecule has 1 N–H and O–H groups in total. The number of hydrogen-bond donors (Lipinski definition) is 1. The molecule has 0 unspecified atom stereocenters. The molecule has 144 valence electrons. The standard InChI is InChI=1S/C21H21N3O4/c1-27-17-12-16(13-18(14-17)28-2)21(26)22-10-11-24-20(25)9-8-19(23-24)15-6-4-3-5-7-15/h3-9,12-14H,10-11H2,1-2H3,(H,22,26). The molecule has 0 aliphatic heterocycles. The van der Waals surface area contributed by atoms with Gasteiger partial charge in [0.25, 0.3) is 11.5 Å². The van der Waals surface area contributed by atoms with E-state index in [0.717, 1.165) is 5.56 Å².